The van der Waals surface area contributed by atoms with Gasteiger partial charge in [-0.15, -0.1) is 11.6 Å². The zero-order chi connectivity index (χ0) is 10.8. The molecule has 0 radical (unpaired) electrons. The number of halogens is 2. The number of alkyl halides is 1. The number of nitrogens with zero attached hydrogens (tertiary/aromatic N) is 4. The van der Waals surface area contributed by atoms with Crippen molar-refractivity contribution in [1.82, 2.24) is 19.5 Å². The lowest BCUT2D eigenvalue weighted by Crippen LogP contribution is -2.08. The third-order valence-electron chi connectivity index (χ3n) is 2.19. The summed E-state index contributed by atoms with van der Waals surface area (Å²) in [6.07, 6.45) is 4.02. The summed E-state index contributed by atoms with van der Waals surface area (Å²) in [7, 11) is 0. The number of fused-ring (bicyclic) bond motifs is 1. The van der Waals surface area contributed by atoms with Gasteiger partial charge in [-0.05, 0) is 6.42 Å². The molecule has 0 amide bonds. The molecule has 1 atom stereocenters. The fourth-order valence-electron chi connectivity index (χ4n) is 1.33. The largest absolute Gasteiger partial charge is 0.314 e. The van der Waals surface area contributed by atoms with Crippen molar-refractivity contribution in [3.8, 4) is 0 Å². The van der Waals surface area contributed by atoms with Gasteiger partial charge < -0.3 is 4.57 Å². The third-order valence-corrected chi connectivity index (χ3v) is 2.92. The summed E-state index contributed by atoms with van der Waals surface area (Å²) in [5.41, 5.74) is 1.35. The van der Waals surface area contributed by atoms with Gasteiger partial charge in [0, 0.05) is 6.54 Å². The molecule has 0 aliphatic heterocycles. The third kappa shape index (κ3) is 2.06. The van der Waals surface area contributed by atoms with Crippen LogP contribution in [0.25, 0.3) is 11.2 Å². The van der Waals surface area contributed by atoms with Crippen molar-refractivity contribution >= 4 is 34.4 Å². The predicted molar refractivity (Wildman–Crippen MR) is 60.3 cm³/mol. The molecular weight excluding hydrogens is 235 g/mol. The van der Waals surface area contributed by atoms with Crippen molar-refractivity contribution in [3.63, 3.8) is 0 Å². The maximum absolute atomic E-state index is 6.07. The minimum atomic E-state index is 0.0798. The lowest BCUT2D eigenvalue weighted by atomic mass is 10.3. The van der Waals surface area contributed by atoms with Gasteiger partial charge >= 0.3 is 0 Å². The van der Waals surface area contributed by atoms with E-state index in [1.54, 1.807) is 6.33 Å². The number of aromatic nitrogens is 4. The number of hydrogen-bond acceptors (Lipinski definition) is 3. The van der Waals surface area contributed by atoms with Crippen molar-refractivity contribution < 1.29 is 0 Å². The lowest BCUT2D eigenvalue weighted by molar-refractivity contribution is 0.650. The summed E-state index contributed by atoms with van der Waals surface area (Å²) < 4.78 is 1.89. The van der Waals surface area contributed by atoms with Crippen LogP contribution in [0.2, 0.25) is 5.15 Å². The lowest BCUT2D eigenvalue weighted by Gasteiger charge is -2.07. The zero-order valence-electron chi connectivity index (χ0n) is 8.19. The average Bonchev–Trinajstić information content (AvgIpc) is 2.63. The summed E-state index contributed by atoms with van der Waals surface area (Å²) >= 11 is 12.0. The van der Waals surface area contributed by atoms with Crippen LogP contribution in [-0.4, -0.2) is 24.9 Å². The van der Waals surface area contributed by atoms with E-state index in [4.69, 9.17) is 23.2 Å². The molecule has 0 saturated carbocycles. The van der Waals surface area contributed by atoms with Gasteiger partial charge in [0.15, 0.2) is 10.8 Å². The van der Waals surface area contributed by atoms with E-state index in [2.05, 4.69) is 15.0 Å². The molecule has 0 aliphatic carbocycles. The summed E-state index contributed by atoms with van der Waals surface area (Å²) in [5.74, 6) is 0. The number of imidazole rings is 1. The van der Waals surface area contributed by atoms with Crippen LogP contribution in [0.3, 0.4) is 0 Å². The summed E-state index contributed by atoms with van der Waals surface area (Å²) in [6.45, 7) is 2.72. The smallest absolute Gasteiger partial charge is 0.164 e. The molecule has 2 aromatic heterocycles. The molecule has 0 spiro atoms. The first-order chi connectivity index (χ1) is 7.22. The van der Waals surface area contributed by atoms with Crippen LogP contribution < -0.4 is 0 Å². The van der Waals surface area contributed by atoms with Gasteiger partial charge in [-0.3, -0.25) is 0 Å². The Labute approximate surface area is 97.3 Å². The molecule has 0 fully saturated rings. The minimum absolute atomic E-state index is 0.0798. The normalized spacial score (nSPS) is 13.3. The minimum Gasteiger partial charge on any atom is -0.314 e. The number of hydrogen-bond donors (Lipinski definition) is 0. The van der Waals surface area contributed by atoms with Crippen molar-refractivity contribution in [2.24, 2.45) is 0 Å². The van der Waals surface area contributed by atoms with E-state index >= 15 is 0 Å². The molecule has 0 saturated heterocycles. The van der Waals surface area contributed by atoms with E-state index < -0.39 is 0 Å². The summed E-state index contributed by atoms with van der Waals surface area (Å²) in [5, 5.41) is 0.456. The fourth-order valence-corrected chi connectivity index (χ4v) is 1.65. The SMILES string of the molecule is CCC(Cl)Cn1cnc2c(Cl)ncnc21. The molecule has 2 rings (SSSR count). The van der Waals surface area contributed by atoms with Crippen LogP contribution >= 0.6 is 23.2 Å². The second kappa shape index (κ2) is 4.33. The Morgan fingerprint density at radius 3 is 2.93 bits per heavy atom. The first kappa shape index (κ1) is 10.6. The summed E-state index contributed by atoms with van der Waals surface area (Å²) in [4.78, 5) is 12.2. The highest BCUT2D eigenvalue weighted by Gasteiger charge is 2.10. The Morgan fingerprint density at radius 1 is 1.40 bits per heavy atom. The average molecular weight is 245 g/mol. The van der Waals surface area contributed by atoms with Gasteiger partial charge in [-0.1, -0.05) is 18.5 Å². The van der Waals surface area contributed by atoms with Gasteiger partial charge in [-0.25, -0.2) is 15.0 Å². The van der Waals surface area contributed by atoms with Crippen molar-refractivity contribution in [3.05, 3.63) is 17.8 Å². The van der Waals surface area contributed by atoms with E-state index in [1.807, 2.05) is 11.5 Å². The highest BCUT2D eigenvalue weighted by atomic mass is 35.5. The molecule has 80 valence electrons. The Hall–Kier alpha value is -0.870. The molecule has 0 aromatic carbocycles. The van der Waals surface area contributed by atoms with Crippen LogP contribution in [0, 0.1) is 0 Å². The van der Waals surface area contributed by atoms with Gasteiger partial charge in [0.2, 0.25) is 0 Å². The monoisotopic (exact) mass is 244 g/mol. The standard InChI is InChI=1S/C9H10Cl2N4/c1-2-6(10)3-15-5-14-7-8(11)12-4-13-9(7)15/h4-6H,2-3H2,1H3. The molecule has 4 nitrogen and oxygen atoms in total. The van der Waals surface area contributed by atoms with Crippen LogP contribution in [0.1, 0.15) is 13.3 Å². The zero-order valence-corrected chi connectivity index (χ0v) is 9.70. The van der Waals surface area contributed by atoms with Crippen LogP contribution in [0.5, 0.6) is 0 Å². The Kier molecular flexibility index (Phi) is 3.07. The van der Waals surface area contributed by atoms with E-state index in [1.165, 1.54) is 6.33 Å². The van der Waals surface area contributed by atoms with Gasteiger partial charge in [0.05, 0.1) is 11.7 Å². The van der Waals surface area contributed by atoms with Gasteiger partial charge in [0.25, 0.3) is 0 Å². The molecule has 2 aromatic rings. The molecule has 6 heteroatoms. The van der Waals surface area contributed by atoms with E-state index in [0.29, 0.717) is 17.2 Å². The fraction of sp³-hybridized carbons (Fsp3) is 0.444. The second-order valence-electron chi connectivity index (χ2n) is 3.24. The van der Waals surface area contributed by atoms with Crippen molar-refractivity contribution in [1.29, 1.82) is 0 Å². The number of rotatable bonds is 3. The van der Waals surface area contributed by atoms with E-state index in [9.17, 15) is 0 Å². The van der Waals surface area contributed by atoms with E-state index in [-0.39, 0.29) is 5.38 Å². The maximum Gasteiger partial charge on any atom is 0.164 e. The van der Waals surface area contributed by atoms with E-state index in [0.717, 1.165) is 12.1 Å². The Bertz CT molecular complexity index is 468. The molecule has 15 heavy (non-hydrogen) atoms. The first-order valence-corrected chi connectivity index (χ1v) is 5.49. The second-order valence-corrected chi connectivity index (χ2v) is 4.21. The molecule has 0 aliphatic rings. The highest BCUT2D eigenvalue weighted by molar-refractivity contribution is 6.33. The molecule has 0 N–H and O–H groups in total. The topological polar surface area (TPSA) is 43.6 Å². The summed E-state index contributed by atoms with van der Waals surface area (Å²) in [6, 6.07) is 0. The van der Waals surface area contributed by atoms with Crippen LogP contribution in [0.4, 0.5) is 0 Å². The quantitative estimate of drug-likeness (QED) is 0.616. The molecule has 2 heterocycles. The first-order valence-electron chi connectivity index (χ1n) is 4.67. The van der Waals surface area contributed by atoms with Gasteiger partial charge in [-0.2, -0.15) is 0 Å². The van der Waals surface area contributed by atoms with Gasteiger partial charge in [0.1, 0.15) is 11.8 Å². The molecular formula is C9H10Cl2N4. The molecule has 0 bridgehead atoms. The van der Waals surface area contributed by atoms with Crippen molar-refractivity contribution in [2.45, 2.75) is 25.3 Å². The maximum atomic E-state index is 6.07. The molecule has 1 unspecified atom stereocenters. The van der Waals surface area contributed by atoms with Crippen LogP contribution in [-0.2, 0) is 6.54 Å². The predicted octanol–water partition coefficient (Wildman–Crippen LogP) is 2.50. The van der Waals surface area contributed by atoms with Crippen LogP contribution in [0.15, 0.2) is 12.7 Å². The van der Waals surface area contributed by atoms with Crippen molar-refractivity contribution in [2.75, 3.05) is 0 Å². The Balaban J connectivity index is 2.41. The highest BCUT2D eigenvalue weighted by Crippen LogP contribution is 2.18. The Morgan fingerprint density at radius 2 is 2.20 bits per heavy atom.